The number of benzene rings is 1. The van der Waals surface area contributed by atoms with Crippen LogP contribution in [0.1, 0.15) is 31.7 Å². The molecule has 2 rings (SSSR count). The van der Waals surface area contributed by atoms with E-state index in [-0.39, 0.29) is 22.3 Å². The van der Waals surface area contributed by atoms with Crippen LogP contribution in [-0.4, -0.2) is 6.04 Å². The molecule has 0 aromatic heterocycles. The third-order valence-electron chi connectivity index (χ3n) is 3.52. The van der Waals surface area contributed by atoms with E-state index in [2.05, 4.69) is 6.92 Å². The number of rotatable bonds is 2. The van der Waals surface area contributed by atoms with E-state index >= 15 is 0 Å². The highest BCUT2D eigenvalue weighted by Crippen LogP contribution is 2.41. The van der Waals surface area contributed by atoms with Gasteiger partial charge in [0.05, 0.1) is 5.02 Å². The second-order valence-corrected chi connectivity index (χ2v) is 5.58. The van der Waals surface area contributed by atoms with Crippen molar-refractivity contribution >= 4 is 11.6 Å². The third kappa shape index (κ3) is 2.38. The Hall–Kier alpha value is -0.600. The molecule has 2 N–H and O–H groups in total. The summed E-state index contributed by atoms with van der Waals surface area (Å²) in [5.74, 6) is -0.329. The van der Waals surface area contributed by atoms with E-state index in [0.717, 1.165) is 31.2 Å². The zero-order valence-electron chi connectivity index (χ0n) is 9.47. The average molecular weight is 242 g/mol. The van der Waals surface area contributed by atoms with E-state index in [4.69, 9.17) is 17.3 Å². The van der Waals surface area contributed by atoms with Crippen LogP contribution in [-0.2, 0) is 6.42 Å². The van der Waals surface area contributed by atoms with Gasteiger partial charge in [0, 0.05) is 6.04 Å². The normalized spacial score (nSPS) is 29.6. The van der Waals surface area contributed by atoms with Crippen LogP contribution in [0.5, 0.6) is 0 Å². The molecule has 1 aromatic carbocycles. The Morgan fingerprint density at radius 2 is 2.31 bits per heavy atom. The molecule has 1 aliphatic rings. The van der Waals surface area contributed by atoms with Gasteiger partial charge in [-0.2, -0.15) is 0 Å². The molecule has 1 fully saturated rings. The van der Waals surface area contributed by atoms with Gasteiger partial charge in [-0.25, -0.2) is 4.39 Å². The fourth-order valence-corrected chi connectivity index (χ4v) is 2.87. The molecule has 1 aliphatic carbocycles. The van der Waals surface area contributed by atoms with Crippen LogP contribution < -0.4 is 5.73 Å². The van der Waals surface area contributed by atoms with Gasteiger partial charge in [-0.1, -0.05) is 30.7 Å². The largest absolute Gasteiger partial charge is 0.328 e. The molecule has 0 radical (unpaired) electrons. The topological polar surface area (TPSA) is 26.0 Å². The number of hydrogen-bond donors (Lipinski definition) is 1. The molecule has 1 saturated carbocycles. The standard InChI is InChI=1S/C13H17ClFN/c1-13(6-5-10(16)8-13)7-9-3-2-4-11(15)12(9)14/h2-4,10H,5-8,16H2,1H3. The summed E-state index contributed by atoms with van der Waals surface area (Å²) in [5.41, 5.74) is 7.00. The second-order valence-electron chi connectivity index (χ2n) is 5.20. The van der Waals surface area contributed by atoms with Crippen LogP contribution in [0.3, 0.4) is 0 Å². The Labute approximate surface area is 101 Å². The quantitative estimate of drug-likeness (QED) is 0.842. The van der Waals surface area contributed by atoms with Crippen molar-refractivity contribution in [2.75, 3.05) is 0 Å². The molecule has 0 spiro atoms. The minimum atomic E-state index is -0.329. The predicted octanol–water partition coefficient (Wildman–Crippen LogP) is 3.54. The molecular weight excluding hydrogens is 225 g/mol. The smallest absolute Gasteiger partial charge is 0.142 e. The van der Waals surface area contributed by atoms with Gasteiger partial charge in [0.2, 0.25) is 0 Å². The average Bonchev–Trinajstić information content (AvgIpc) is 2.54. The van der Waals surface area contributed by atoms with Crippen LogP contribution in [0.2, 0.25) is 5.02 Å². The van der Waals surface area contributed by atoms with Gasteiger partial charge in [0.25, 0.3) is 0 Å². The molecule has 0 heterocycles. The summed E-state index contributed by atoms with van der Waals surface area (Å²) in [5, 5.41) is 0.268. The number of nitrogens with two attached hydrogens (primary N) is 1. The number of halogens is 2. The lowest BCUT2D eigenvalue weighted by atomic mass is 9.82. The summed E-state index contributed by atoms with van der Waals surface area (Å²) in [6, 6.07) is 5.31. The second kappa shape index (κ2) is 4.34. The monoisotopic (exact) mass is 241 g/mol. The van der Waals surface area contributed by atoms with E-state index in [0.29, 0.717) is 0 Å². The highest BCUT2D eigenvalue weighted by molar-refractivity contribution is 6.31. The van der Waals surface area contributed by atoms with Crippen molar-refractivity contribution in [2.24, 2.45) is 11.1 Å². The van der Waals surface area contributed by atoms with Crippen molar-refractivity contribution in [3.8, 4) is 0 Å². The first-order valence-corrected chi connectivity index (χ1v) is 6.06. The van der Waals surface area contributed by atoms with Crippen LogP contribution in [0, 0.1) is 11.2 Å². The first kappa shape index (κ1) is 11.9. The third-order valence-corrected chi connectivity index (χ3v) is 3.95. The van der Waals surface area contributed by atoms with E-state index in [1.807, 2.05) is 6.07 Å². The molecule has 0 aliphatic heterocycles. The SMILES string of the molecule is CC1(Cc2cccc(F)c2Cl)CCC(N)C1. The summed E-state index contributed by atoms with van der Waals surface area (Å²) in [6.45, 7) is 2.21. The predicted molar refractivity (Wildman–Crippen MR) is 65.0 cm³/mol. The molecule has 2 unspecified atom stereocenters. The first-order chi connectivity index (χ1) is 7.50. The van der Waals surface area contributed by atoms with Gasteiger partial charge in [-0.3, -0.25) is 0 Å². The Bertz CT molecular complexity index is 394. The minimum absolute atomic E-state index is 0.177. The Morgan fingerprint density at radius 1 is 1.56 bits per heavy atom. The zero-order valence-corrected chi connectivity index (χ0v) is 10.2. The molecule has 88 valence electrons. The molecule has 2 atom stereocenters. The summed E-state index contributed by atoms with van der Waals surface area (Å²) < 4.78 is 13.3. The van der Waals surface area contributed by atoms with Gasteiger partial charge in [0.1, 0.15) is 5.82 Å². The summed E-state index contributed by atoms with van der Waals surface area (Å²) >= 11 is 5.96. The van der Waals surface area contributed by atoms with Crippen molar-refractivity contribution in [1.29, 1.82) is 0 Å². The highest BCUT2D eigenvalue weighted by Gasteiger charge is 2.33. The van der Waals surface area contributed by atoms with Crippen LogP contribution in [0.4, 0.5) is 4.39 Å². The van der Waals surface area contributed by atoms with Gasteiger partial charge in [-0.05, 0) is 42.7 Å². The van der Waals surface area contributed by atoms with Crippen LogP contribution >= 0.6 is 11.6 Å². The maximum Gasteiger partial charge on any atom is 0.142 e. The van der Waals surface area contributed by atoms with E-state index in [1.54, 1.807) is 6.07 Å². The lowest BCUT2D eigenvalue weighted by Crippen LogP contribution is -2.21. The Balaban J connectivity index is 2.18. The maximum absolute atomic E-state index is 13.3. The molecule has 0 bridgehead atoms. The van der Waals surface area contributed by atoms with Crippen LogP contribution in [0.25, 0.3) is 0 Å². The van der Waals surface area contributed by atoms with Gasteiger partial charge in [-0.15, -0.1) is 0 Å². The van der Waals surface area contributed by atoms with Crippen molar-refractivity contribution in [1.82, 2.24) is 0 Å². The Kier molecular flexibility index (Phi) is 3.22. The van der Waals surface area contributed by atoms with Crippen molar-refractivity contribution in [3.63, 3.8) is 0 Å². The lowest BCUT2D eigenvalue weighted by Gasteiger charge is -2.24. The highest BCUT2D eigenvalue weighted by atomic mass is 35.5. The van der Waals surface area contributed by atoms with Gasteiger partial charge >= 0.3 is 0 Å². The minimum Gasteiger partial charge on any atom is -0.328 e. The van der Waals surface area contributed by atoms with E-state index in [9.17, 15) is 4.39 Å². The van der Waals surface area contributed by atoms with E-state index < -0.39 is 0 Å². The van der Waals surface area contributed by atoms with Crippen molar-refractivity contribution in [3.05, 3.63) is 34.6 Å². The maximum atomic E-state index is 13.3. The molecular formula is C13H17ClFN. The fraction of sp³-hybridized carbons (Fsp3) is 0.538. The van der Waals surface area contributed by atoms with Crippen LogP contribution in [0.15, 0.2) is 18.2 Å². The Morgan fingerprint density at radius 3 is 2.94 bits per heavy atom. The van der Waals surface area contributed by atoms with Crippen molar-refractivity contribution < 1.29 is 4.39 Å². The molecule has 1 nitrogen and oxygen atoms in total. The summed E-state index contributed by atoms with van der Waals surface area (Å²) in [7, 11) is 0. The molecule has 3 heteroatoms. The molecule has 1 aromatic rings. The summed E-state index contributed by atoms with van der Waals surface area (Å²) in [6.07, 6.45) is 3.97. The molecule has 0 saturated heterocycles. The lowest BCUT2D eigenvalue weighted by molar-refractivity contribution is 0.329. The van der Waals surface area contributed by atoms with Gasteiger partial charge in [0.15, 0.2) is 0 Å². The van der Waals surface area contributed by atoms with Crippen molar-refractivity contribution in [2.45, 2.75) is 38.6 Å². The fourth-order valence-electron chi connectivity index (χ4n) is 2.68. The number of hydrogen-bond acceptors (Lipinski definition) is 1. The molecule has 16 heavy (non-hydrogen) atoms. The summed E-state index contributed by atoms with van der Waals surface area (Å²) in [4.78, 5) is 0. The first-order valence-electron chi connectivity index (χ1n) is 5.69. The molecule has 0 amide bonds. The zero-order chi connectivity index (χ0) is 11.8. The van der Waals surface area contributed by atoms with E-state index in [1.165, 1.54) is 6.07 Å². The van der Waals surface area contributed by atoms with Gasteiger partial charge < -0.3 is 5.73 Å².